The van der Waals surface area contributed by atoms with Crippen LogP contribution in [0.1, 0.15) is 22.3 Å². The van der Waals surface area contributed by atoms with Crippen molar-refractivity contribution in [2.45, 2.75) is 0 Å². The van der Waals surface area contributed by atoms with Crippen LogP contribution in [-0.2, 0) is 0 Å². The lowest BCUT2D eigenvalue weighted by molar-refractivity contribution is 1.07. The second-order valence-corrected chi connectivity index (χ2v) is 22.0. The Morgan fingerprint density at radius 2 is 0.600 bits per heavy atom. The van der Waals surface area contributed by atoms with Gasteiger partial charge < -0.3 is 9.13 Å². The summed E-state index contributed by atoms with van der Waals surface area (Å²) >= 11 is 0. The highest BCUT2D eigenvalue weighted by Crippen LogP contribution is 2.45. The molecule has 0 aliphatic heterocycles. The molecule has 15 aromatic rings. The second-order valence-electron chi connectivity index (χ2n) is 22.0. The van der Waals surface area contributed by atoms with E-state index in [1.54, 1.807) is 12.1 Å². The highest BCUT2D eigenvalue weighted by atomic mass is 15.0. The fourth-order valence-corrected chi connectivity index (χ4v) is 12.4. The van der Waals surface area contributed by atoms with Gasteiger partial charge in [-0.2, -0.15) is 21.0 Å². The number of benzene rings is 12. The molecule has 0 amide bonds. The molecule has 0 spiro atoms. The Morgan fingerprint density at radius 1 is 0.278 bits per heavy atom. The highest BCUT2D eigenvalue weighted by Gasteiger charge is 2.25. The van der Waals surface area contributed by atoms with E-state index in [4.69, 9.17) is 21.5 Å². The van der Waals surface area contributed by atoms with Gasteiger partial charge in [0.25, 0.3) is 0 Å². The van der Waals surface area contributed by atoms with Crippen molar-refractivity contribution in [3.63, 3.8) is 0 Å². The van der Waals surface area contributed by atoms with E-state index < -0.39 is 0 Å². The van der Waals surface area contributed by atoms with E-state index in [0.717, 1.165) is 127 Å². The number of aromatic nitrogens is 5. The predicted molar refractivity (Wildman–Crippen MR) is 357 cm³/mol. The van der Waals surface area contributed by atoms with Crippen LogP contribution in [0.4, 0.5) is 5.69 Å². The first-order valence-corrected chi connectivity index (χ1v) is 29.1. The molecule has 414 valence electrons. The molecular formula is C80H44N10. The van der Waals surface area contributed by atoms with Crippen LogP contribution >= 0.6 is 0 Å². The van der Waals surface area contributed by atoms with Gasteiger partial charge in [0.05, 0.1) is 86.5 Å². The standard InChI is InChI=1S/C80H44N10/c1-85-65-23-11-22-59(40-65)63-29-35-75-71(44-63)70-43-62(58-21-10-14-52(38-58)48-83)28-34-74(70)90(75)77-45-64(80-87-78(54-15-4-2-5-16-54)86-79(88-80)55-17-6-3-7-18-55)25-31-67(77)66-30-24-53(49-84)39-76(66)89-72-32-26-60(56-19-8-12-50(36-56)46-81)41-68(72)69-42-61(27-33-73(69)89)57-20-9-13-51(37-57)47-82/h2-45H. The monoisotopic (exact) mass is 1140 g/mol. The van der Waals surface area contributed by atoms with Crippen molar-refractivity contribution in [1.82, 2.24) is 24.1 Å². The molecule has 0 N–H and O–H groups in total. The maximum atomic E-state index is 10.9. The molecule has 0 aliphatic carbocycles. The lowest BCUT2D eigenvalue weighted by Crippen LogP contribution is -2.04. The fraction of sp³-hybridized carbons (Fsp3) is 0. The molecule has 0 bridgehead atoms. The molecule has 0 aliphatic rings. The minimum absolute atomic E-state index is 0.462. The summed E-state index contributed by atoms with van der Waals surface area (Å²) in [6.45, 7) is 7.88. The zero-order valence-electron chi connectivity index (χ0n) is 47.9. The third-order valence-electron chi connectivity index (χ3n) is 16.7. The SMILES string of the molecule is [C-]#[N+]c1cccc(-c2ccc3c(c2)c2cc(-c4cccc(C#N)c4)ccc2n3-c2cc(-c3nc(-c4ccccc4)nc(-c4ccccc4)n3)ccc2-c2ccc(C#N)cc2-n2c3ccc(-c4cccc(C#N)c4)cc3c3cc(-c4cccc(C#N)c4)ccc32)c1. The minimum Gasteiger partial charge on any atom is -0.309 e. The number of hydrogen-bond acceptors (Lipinski definition) is 7. The fourth-order valence-electron chi connectivity index (χ4n) is 12.4. The number of nitriles is 4. The molecule has 0 saturated heterocycles. The highest BCUT2D eigenvalue weighted by molar-refractivity contribution is 6.14. The molecule has 0 fully saturated rings. The Morgan fingerprint density at radius 3 is 1.00 bits per heavy atom. The molecule has 90 heavy (non-hydrogen) atoms. The summed E-state index contributed by atoms with van der Waals surface area (Å²) in [4.78, 5) is 19.3. The Balaban J connectivity index is 1.03. The van der Waals surface area contributed by atoms with Gasteiger partial charge in [0.15, 0.2) is 23.2 Å². The van der Waals surface area contributed by atoms with E-state index in [9.17, 15) is 21.0 Å². The van der Waals surface area contributed by atoms with Gasteiger partial charge in [-0.05, 0) is 154 Å². The van der Waals surface area contributed by atoms with E-state index in [1.165, 1.54) is 0 Å². The molecule has 0 saturated carbocycles. The van der Waals surface area contributed by atoms with Crippen LogP contribution in [0.2, 0.25) is 0 Å². The molecular weight excluding hydrogens is 1100 g/mol. The van der Waals surface area contributed by atoms with Gasteiger partial charge in [-0.25, -0.2) is 19.8 Å². The third-order valence-corrected chi connectivity index (χ3v) is 16.7. The van der Waals surface area contributed by atoms with Gasteiger partial charge in [-0.1, -0.05) is 158 Å². The predicted octanol–water partition coefficient (Wildman–Crippen LogP) is 19.4. The van der Waals surface area contributed by atoms with E-state index in [1.807, 2.05) is 164 Å². The van der Waals surface area contributed by atoms with Crippen molar-refractivity contribution in [3.05, 3.63) is 301 Å². The van der Waals surface area contributed by atoms with Gasteiger partial charge in [0.2, 0.25) is 0 Å². The first-order valence-electron chi connectivity index (χ1n) is 29.1. The van der Waals surface area contributed by atoms with Crippen molar-refractivity contribution in [2.75, 3.05) is 0 Å². The van der Waals surface area contributed by atoms with Crippen LogP contribution in [0.15, 0.2) is 267 Å². The van der Waals surface area contributed by atoms with Crippen molar-refractivity contribution in [1.29, 1.82) is 21.0 Å². The average molecular weight is 1150 g/mol. The van der Waals surface area contributed by atoms with Gasteiger partial charge in [-0.15, -0.1) is 0 Å². The van der Waals surface area contributed by atoms with Crippen LogP contribution in [0, 0.1) is 51.9 Å². The van der Waals surface area contributed by atoms with Crippen LogP contribution in [0.5, 0.6) is 0 Å². The first-order chi connectivity index (χ1) is 44.3. The zero-order chi connectivity index (χ0) is 60.8. The Labute approximate surface area is 517 Å². The van der Waals surface area contributed by atoms with Gasteiger partial charge in [0.1, 0.15) is 0 Å². The largest absolute Gasteiger partial charge is 0.309 e. The summed E-state index contributed by atoms with van der Waals surface area (Å²) in [6.07, 6.45) is 0. The summed E-state index contributed by atoms with van der Waals surface area (Å²) in [5.41, 5.74) is 19.2. The topological polar surface area (TPSA) is 148 Å². The summed E-state index contributed by atoms with van der Waals surface area (Å²) in [5.74, 6) is 1.51. The van der Waals surface area contributed by atoms with E-state index in [-0.39, 0.29) is 0 Å². The van der Waals surface area contributed by atoms with Gasteiger partial charge in [0, 0.05) is 49.4 Å². The second kappa shape index (κ2) is 22.3. The number of rotatable bonds is 10. The number of fused-ring (bicyclic) bond motifs is 6. The smallest absolute Gasteiger partial charge is 0.187 e. The van der Waals surface area contributed by atoms with Crippen LogP contribution in [0.25, 0.3) is 150 Å². The quantitative estimate of drug-likeness (QED) is 0.124. The normalized spacial score (nSPS) is 11.1. The van der Waals surface area contributed by atoms with Crippen LogP contribution in [-0.4, -0.2) is 24.1 Å². The lowest BCUT2D eigenvalue weighted by Gasteiger charge is -2.20. The van der Waals surface area contributed by atoms with Crippen molar-refractivity contribution in [3.8, 4) is 125 Å². The molecule has 15 rings (SSSR count). The molecule has 0 unspecified atom stereocenters. The van der Waals surface area contributed by atoms with E-state index in [2.05, 4.69) is 129 Å². The molecule has 10 heteroatoms. The van der Waals surface area contributed by atoms with Gasteiger partial charge >= 0.3 is 0 Å². The number of hydrogen-bond donors (Lipinski definition) is 0. The molecule has 3 aromatic heterocycles. The minimum atomic E-state index is 0.462. The van der Waals surface area contributed by atoms with Crippen molar-refractivity contribution >= 4 is 49.3 Å². The maximum absolute atomic E-state index is 10.9. The van der Waals surface area contributed by atoms with Gasteiger partial charge in [-0.3, -0.25) is 0 Å². The molecule has 0 radical (unpaired) electrons. The van der Waals surface area contributed by atoms with E-state index >= 15 is 0 Å². The van der Waals surface area contributed by atoms with Crippen molar-refractivity contribution < 1.29 is 0 Å². The average Bonchev–Trinajstić information content (AvgIpc) is 1.85. The Bertz CT molecular complexity index is 5400. The summed E-state index contributed by atoms with van der Waals surface area (Å²) in [7, 11) is 0. The summed E-state index contributed by atoms with van der Waals surface area (Å²) in [5, 5.41) is 44.7. The molecule has 10 nitrogen and oxygen atoms in total. The molecule has 3 heterocycles. The Kier molecular flexibility index (Phi) is 13.2. The zero-order valence-corrected chi connectivity index (χ0v) is 47.9. The number of nitrogens with zero attached hydrogens (tertiary/aromatic N) is 10. The van der Waals surface area contributed by atoms with E-state index in [0.29, 0.717) is 45.4 Å². The maximum Gasteiger partial charge on any atom is 0.187 e. The summed E-state index contributed by atoms with van der Waals surface area (Å²) in [6, 6.07) is 97.6. The lowest BCUT2D eigenvalue weighted by atomic mass is 9.97. The Hall–Kier alpha value is -13.3. The van der Waals surface area contributed by atoms with Crippen LogP contribution < -0.4 is 0 Å². The van der Waals surface area contributed by atoms with Crippen LogP contribution in [0.3, 0.4) is 0 Å². The first kappa shape index (κ1) is 53.4. The third kappa shape index (κ3) is 9.50. The summed E-state index contributed by atoms with van der Waals surface area (Å²) < 4.78 is 4.54. The molecule has 12 aromatic carbocycles. The molecule has 0 atom stereocenters. The van der Waals surface area contributed by atoms with Crippen molar-refractivity contribution in [2.24, 2.45) is 0 Å².